The standard InChI is InChI=1S/C15H14IN5OS/c1-2-11(14(22)21-10-5-3-9(16)4-6-10)23-15-12-13(18-7-17-12)19-8-20-15/h3-8,11H,2H2,1H3,(H,21,22)(H,17,18,19,20)/t11-/m1/s1. The Hall–Kier alpha value is -1.68. The molecule has 2 aromatic heterocycles. The lowest BCUT2D eigenvalue weighted by Crippen LogP contribution is -2.24. The fourth-order valence-corrected chi connectivity index (χ4v) is 3.38. The number of hydrogen-bond acceptors (Lipinski definition) is 5. The number of nitrogens with one attached hydrogen (secondary N) is 2. The van der Waals surface area contributed by atoms with Crippen molar-refractivity contribution >= 4 is 57.1 Å². The number of aromatic amines is 1. The number of amides is 1. The molecule has 0 bridgehead atoms. The molecule has 0 aliphatic heterocycles. The third kappa shape index (κ3) is 3.81. The summed E-state index contributed by atoms with van der Waals surface area (Å²) in [6.45, 7) is 1.98. The molecule has 2 N–H and O–H groups in total. The molecule has 0 spiro atoms. The highest BCUT2D eigenvalue weighted by Gasteiger charge is 2.20. The summed E-state index contributed by atoms with van der Waals surface area (Å²) in [6, 6.07) is 7.72. The highest BCUT2D eigenvalue weighted by atomic mass is 127. The molecule has 0 fully saturated rings. The van der Waals surface area contributed by atoms with Gasteiger partial charge in [-0.25, -0.2) is 15.0 Å². The monoisotopic (exact) mass is 439 g/mol. The maximum Gasteiger partial charge on any atom is 0.237 e. The zero-order valence-electron chi connectivity index (χ0n) is 12.3. The Morgan fingerprint density at radius 3 is 2.83 bits per heavy atom. The number of H-pyrrole nitrogens is 1. The fourth-order valence-electron chi connectivity index (χ4n) is 2.05. The van der Waals surface area contributed by atoms with E-state index in [2.05, 4.69) is 47.8 Å². The van der Waals surface area contributed by atoms with Gasteiger partial charge in [-0.3, -0.25) is 4.79 Å². The summed E-state index contributed by atoms with van der Waals surface area (Å²) < 4.78 is 1.13. The van der Waals surface area contributed by atoms with Crippen LogP contribution < -0.4 is 5.32 Å². The van der Waals surface area contributed by atoms with Gasteiger partial charge in [0.15, 0.2) is 5.65 Å². The van der Waals surface area contributed by atoms with E-state index in [1.54, 1.807) is 6.33 Å². The third-order valence-corrected chi connectivity index (χ3v) is 5.30. The first-order valence-corrected chi connectivity index (χ1v) is 9.00. The molecule has 0 unspecified atom stereocenters. The number of benzene rings is 1. The number of hydrogen-bond donors (Lipinski definition) is 2. The molecule has 1 atom stereocenters. The topological polar surface area (TPSA) is 83.6 Å². The number of anilines is 1. The molecule has 0 saturated heterocycles. The van der Waals surface area contributed by atoms with Gasteiger partial charge >= 0.3 is 0 Å². The van der Waals surface area contributed by atoms with Crippen LogP contribution in [0.15, 0.2) is 41.9 Å². The second kappa shape index (κ2) is 7.26. The van der Waals surface area contributed by atoms with Crippen molar-refractivity contribution in [3.05, 3.63) is 40.5 Å². The van der Waals surface area contributed by atoms with E-state index < -0.39 is 0 Å². The van der Waals surface area contributed by atoms with Crippen LogP contribution in [-0.4, -0.2) is 31.1 Å². The Kier molecular flexibility index (Phi) is 5.11. The SMILES string of the molecule is CC[C@@H](Sc1ncnc2nc[nH]c12)C(=O)Nc1ccc(I)cc1. The van der Waals surface area contributed by atoms with Crippen LogP contribution in [0.5, 0.6) is 0 Å². The molecule has 0 aliphatic carbocycles. The second-order valence-electron chi connectivity index (χ2n) is 4.79. The normalized spacial score (nSPS) is 12.3. The number of nitrogens with zero attached hydrogens (tertiary/aromatic N) is 3. The van der Waals surface area contributed by atoms with Gasteiger partial charge in [-0.15, -0.1) is 0 Å². The van der Waals surface area contributed by atoms with Crippen molar-refractivity contribution in [2.45, 2.75) is 23.6 Å². The van der Waals surface area contributed by atoms with E-state index in [0.717, 1.165) is 19.8 Å². The lowest BCUT2D eigenvalue weighted by atomic mass is 10.3. The van der Waals surface area contributed by atoms with Crippen molar-refractivity contribution in [2.24, 2.45) is 0 Å². The van der Waals surface area contributed by atoms with Gasteiger partial charge in [-0.05, 0) is 53.3 Å². The minimum absolute atomic E-state index is 0.0371. The van der Waals surface area contributed by atoms with E-state index >= 15 is 0 Å². The predicted molar refractivity (Wildman–Crippen MR) is 99.4 cm³/mol. The first kappa shape index (κ1) is 16.2. The van der Waals surface area contributed by atoms with E-state index in [1.807, 2.05) is 31.2 Å². The van der Waals surface area contributed by atoms with Crippen LogP contribution in [0.1, 0.15) is 13.3 Å². The summed E-state index contributed by atoms with van der Waals surface area (Å²) in [5.74, 6) is -0.0371. The molecular weight excluding hydrogens is 425 g/mol. The number of fused-ring (bicyclic) bond motifs is 1. The van der Waals surface area contributed by atoms with E-state index in [4.69, 9.17) is 0 Å². The molecule has 0 saturated carbocycles. The molecule has 118 valence electrons. The second-order valence-corrected chi connectivity index (χ2v) is 7.23. The summed E-state index contributed by atoms with van der Waals surface area (Å²) in [5, 5.41) is 3.44. The smallest absolute Gasteiger partial charge is 0.237 e. The number of halogens is 1. The van der Waals surface area contributed by atoms with Crippen LogP contribution >= 0.6 is 34.4 Å². The molecule has 3 aromatic rings. The van der Waals surface area contributed by atoms with Crippen LogP contribution in [0.3, 0.4) is 0 Å². The average molecular weight is 439 g/mol. The molecule has 1 aromatic carbocycles. The molecule has 1 amide bonds. The van der Waals surface area contributed by atoms with Gasteiger partial charge in [0.25, 0.3) is 0 Å². The average Bonchev–Trinajstić information content (AvgIpc) is 3.04. The highest BCUT2D eigenvalue weighted by Crippen LogP contribution is 2.28. The van der Waals surface area contributed by atoms with Crippen molar-refractivity contribution in [3.63, 3.8) is 0 Å². The molecule has 3 rings (SSSR count). The molecule has 8 heteroatoms. The zero-order chi connectivity index (χ0) is 16.2. The lowest BCUT2D eigenvalue weighted by molar-refractivity contribution is -0.115. The number of carbonyl (C=O) groups is 1. The Balaban J connectivity index is 1.75. The number of imidazole rings is 1. The van der Waals surface area contributed by atoms with Crippen molar-refractivity contribution in [2.75, 3.05) is 5.32 Å². The van der Waals surface area contributed by atoms with Gasteiger partial charge in [-0.2, -0.15) is 0 Å². The first-order chi connectivity index (χ1) is 11.2. The van der Waals surface area contributed by atoms with E-state index in [9.17, 15) is 4.79 Å². The number of carbonyl (C=O) groups excluding carboxylic acids is 1. The fraction of sp³-hybridized carbons (Fsp3) is 0.200. The van der Waals surface area contributed by atoms with Crippen LogP contribution in [0.2, 0.25) is 0 Å². The summed E-state index contributed by atoms with van der Waals surface area (Å²) >= 11 is 3.65. The van der Waals surface area contributed by atoms with Crippen molar-refractivity contribution in [3.8, 4) is 0 Å². The van der Waals surface area contributed by atoms with Gasteiger partial charge < -0.3 is 10.3 Å². The van der Waals surface area contributed by atoms with Gasteiger partial charge in [-0.1, -0.05) is 18.7 Å². The van der Waals surface area contributed by atoms with Crippen LogP contribution in [0.4, 0.5) is 5.69 Å². The number of aromatic nitrogens is 4. The molecule has 23 heavy (non-hydrogen) atoms. The van der Waals surface area contributed by atoms with Crippen LogP contribution in [0.25, 0.3) is 11.2 Å². The maximum atomic E-state index is 12.5. The Morgan fingerprint density at radius 1 is 1.30 bits per heavy atom. The van der Waals surface area contributed by atoms with Gasteiger partial charge in [0.1, 0.15) is 16.9 Å². The van der Waals surface area contributed by atoms with E-state index in [1.165, 1.54) is 18.1 Å². The summed E-state index contributed by atoms with van der Waals surface area (Å²) in [7, 11) is 0. The molecule has 2 heterocycles. The van der Waals surface area contributed by atoms with Crippen LogP contribution in [0, 0.1) is 3.57 Å². The van der Waals surface area contributed by atoms with Crippen molar-refractivity contribution in [1.82, 2.24) is 19.9 Å². The number of thioether (sulfide) groups is 1. The minimum atomic E-state index is -0.240. The molecule has 0 radical (unpaired) electrons. The lowest BCUT2D eigenvalue weighted by Gasteiger charge is -2.14. The first-order valence-electron chi connectivity index (χ1n) is 7.04. The molecular formula is C15H14IN5OS. The Morgan fingerprint density at radius 2 is 2.09 bits per heavy atom. The van der Waals surface area contributed by atoms with Gasteiger partial charge in [0.05, 0.1) is 11.6 Å². The Bertz CT molecular complexity index is 820. The quantitative estimate of drug-likeness (QED) is 0.362. The van der Waals surface area contributed by atoms with Crippen molar-refractivity contribution < 1.29 is 4.79 Å². The van der Waals surface area contributed by atoms with E-state index in [-0.39, 0.29) is 11.2 Å². The zero-order valence-corrected chi connectivity index (χ0v) is 15.3. The summed E-state index contributed by atoms with van der Waals surface area (Å²) in [4.78, 5) is 28.0. The van der Waals surface area contributed by atoms with Crippen molar-refractivity contribution in [1.29, 1.82) is 0 Å². The number of rotatable bonds is 5. The predicted octanol–water partition coefficient (Wildman–Crippen LogP) is 3.47. The molecule has 0 aliphatic rings. The minimum Gasteiger partial charge on any atom is -0.341 e. The summed E-state index contributed by atoms with van der Waals surface area (Å²) in [6.07, 6.45) is 3.74. The van der Waals surface area contributed by atoms with Crippen LogP contribution in [-0.2, 0) is 4.79 Å². The van der Waals surface area contributed by atoms with E-state index in [0.29, 0.717) is 12.1 Å². The highest BCUT2D eigenvalue weighted by molar-refractivity contribution is 14.1. The van der Waals surface area contributed by atoms with Gasteiger partial charge in [0.2, 0.25) is 5.91 Å². The summed E-state index contributed by atoms with van der Waals surface area (Å²) in [5.41, 5.74) is 2.16. The molecule has 6 nitrogen and oxygen atoms in total. The Labute approximate surface area is 151 Å². The largest absolute Gasteiger partial charge is 0.341 e. The maximum absolute atomic E-state index is 12.5. The third-order valence-electron chi connectivity index (χ3n) is 3.22. The van der Waals surface area contributed by atoms with Gasteiger partial charge in [0, 0.05) is 9.26 Å².